The van der Waals surface area contributed by atoms with E-state index in [-0.39, 0.29) is 0 Å². The first-order valence-corrected chi connectivity index (χ1v) is 11.8. The van der Waals surface area contributed by atoms with Crippen molar-refractivity contribution in [1.29, 1.82) is 0 Å². The molecule has 0 radical (unpaired) electrons. The molecular weight excluding hydrogens is 330 g/mol. The van der Waals surface area contributed by atoms with Crippen molar-refractivity contribution in [2.45, 2.75) is 123 Å². The Morgan fingerprint density at radius 2 is 1.56 bits per heavy atom. The molecule has 1 saturated carbocycles. The van der Waals surface area contributed by atoms with Crippen LogP contribution in [0.4, 0.5) is 0 Å². The van der Waals surface area contributed by atoms with E-state index in [1.54, 1.807) is 0 Å². The van der Waals surface area contributed by atoms with Gasteiger partial charge < -0.3 is 4.74 Å². The van der Waals surface area contributed by atoms with Gasteiger partial charge in [0.1, 0.15) is 5.75 Å². The third-order valence-corrected chi connectivity index (χ3v) is 6.24. The minimum Gasteiger partial charge on any atom is -0.489 e. The minimum absolute atomic E-state index is 0.401. The molecule has 2 nitrogen and oxygen atoms in total. The van der Waals surface area contributed by atoms with Gasteiger partial charge in [-0.2, -0.15) is 0 Å². The number of aromatic nitrogens is 1. The van der Waals surface area contributed by atoms with Crippen molar-refractivity contribution in [2.24, 2.45) is 5.92 Å². The summed E-state index contributed by atoms with van der Waals surface area (Å²) in [4.78, 5) is 4.70. The Hall–Kier alpha value is -1.05. The highest BCUT2D eigenvalue weighted by Crippen LogP contribution is 2.31. The van der Waals surface area contributed by atoms with Crippen LogP contribution in [0.15, 0.2) is 12.3 Å². The summed E-state index contributed by atoms with van der Waals surface area (Å²) in [6.45, 7) is 6.74. The van der Waals surface area contributed by atoms with Gasteiger partial charge in [0.15, 0.2) is 0 Å². The molecule has 1 heterocycles. The second-order valence-electron chi connectivity index (χ2n) is 8.71. The van der Waals surface area contributed by atoms with E-state index >= 15 is 0 Å². The summed E-state index contributed by atoms with van der Waals surface area (Å²) in [5, 5.41) is 0. The third-order valence-electron chi connectivity index (χ3n) is 6.24. The molecule has 0 spiro atoms. The summed E-state index contributed by atoms with van der Waals surface area (Å²) < 4.78 is 6.28. The van der Waals surface area contributed by atoms with Crippen molar-refractivity contribution in [3.05, 3.63) is 23.5 Å². The van der Waals surface area contributed by atoms with Crippen molar-refractivity contribution >= 4 is 0 Å². The molecule has 0 unspecified atom stereocenters. The van der Waals surface area contributed by atoms with Gasteiger partial charge in [-0.1, -0.05) is 71.6 Å². The summed E-state index contributed by atoms with van der Waals surface area (Å²) in [7, 11) is 0. The number of aryl methyl sites for hydroxylation is 2. The van der Waals surface area contributed by atoms with E-state index in [4.69, 9.17) is 9.72 Å². The van der Waals surface area contributed by atoms with Crippen molar-refractivity contribution in [3.8, 4) is 5.75 Å². The molecule has 0 bridgehead atoms. The zero-order valence-electron chi connectivity index (χ0n) is 18.3. The fourth-order valence-corrected chi connectivity index (χ4v) is 4.39. The molecule has 1 aromatic rings. The normalized spacial score (nSPS) is 20.0. The maximum absolute atomic E-state index is 6.28. The van der Waals surface area contributed by atoms with E-state index in [9.17, 15) is 0 Å². The summed E-state index contributed by atoms with van der Waals surface area (Å²) in [5.41, 5.74) is 2.55. The highest BCUT2D eigenvalue weighted by atomic mass is 16.5. The number of pyridine rings is 1. The van der Waals surface area contributed by atoms with Gasteiger partial charge in [0.2, 0.25) is 0 Å². The van der Waals surface area contributed by atoms with Crippen LogP contribution in [0.1, 0.15) is 115 Å². The molecule has 0 atom stereocenters. The number of rotatable bonds is 13. The van der Waals surface area contributed by atoms with Gasteiger partial charge in [0.25, 0.3) is 0 Å². The van der Waals surface area contributed by atoms with Crippen LogP contribution in [0.3, 0.4) is 0 Å². The Kier molecular flexibility index (Phi) is 10.9. The molecule has 1 aliphatic carbocycles. The molecule has 2 heteroatoms. The van der Waals surface area contributed by atoms with Gasteiger partial charge >= 0.3 is 0 Å². The van der Waals surface area contributed by atoms with E-state index < -0.39 is 0 Å². The van der Waals surface area contributed by atoms with E-state index in [0.717, 1.165) is 18.1 Å². The number of hydrogen-bond acceptors (Lipinski definition) is 2. The fourth-order valence-electron chi connectivity index (χ4n) is 4.39. The van der Waals surface area contributed by atoms with E-state index in [1.807, 2.05) is 6.20 Å². The monoisotopic (exact) mass is 373 g/mol. The van der Waals surface area contributed by atoms with Gasteiger partial charge in [-0.3, -0.25) is 4.98 Å². The van der Waals surface area contributed by atoms with Crippen LogP contribution < -0.4 is 4.74 Å². The van der Waals surface area contributed by atoms with E-state index in [2.05, 4.69) is 26.8 Å². The largest absolute Gasteiger partial charge is 0.489 e. The molecule has 0 aromatic carbocycles. The van der Waals surface area contributed by atoms with Crippen molar-refractivity contribution in [2.75, 3.05) is 0 Å². The molecule has 27 heavy (non-hydrogen) atoms. The topological polar surface area (TPSA) is 22.1 Å². The molecule has 0 aliphatic heterocycles. The van der Waals surface area contributed by atoms with Crippen LogP contribution in [-0.4, -0.2) is 11.1 Å². The molecule has 0 saturated heterocycles. The SMILES string of the molecule is CCCCCCC[C@H]1CC[C@H](Oc2cnc(CCCCCC)c(C)c2)CC1. The molecular formula is C25H43NO. The second kappa shape index (κ2) is 13.2. The quantitative estimate of drug-likeness (QED) is 0.329. The van der Waals surface area contributed by atoms with Gasteiger partial charge in [0, 0.05) is 5.69 Å². The second-order valence-corrected chi connectivity index (χ2v) is 8.71. The van der Waals surface area contributed by atoms with E-state index in [1.165, 1.54) is 101 Å². The van der Waals surface area contributed by atoms with Crippen LogP contribution in [0.2, 0.25) is 0 Å². The van der Waals surface area contributed by atoms with Gasteiger partial charge in [0.05, 0.1) is 12.3 Å². The first-order valence-electron chi connectivity index (χ1n) is 11.8. The van der Waals surface area contributed by atoms with Crippen molar-refractivity contribution < 1.29 is 4.74 Å². The molecule has 1 aromatic heterocycles. The highest BCUT2D eigenvalue weighted by Gasteiger charge is 2.22. The lowest BCUT2D eigenvalue weighted by Gasteiger charge is -2.29. The average Bonchev–Trinajstić information content (AvgIpc) is 2.68. The lowest BCUT2D eigenvalue weighted by atomic mass is 9.84. The lowest BCUT2D eigenvalue weighted by Crippen LogP contribution is -2.24. The molecule has 0 N–H and O–H groups in total. The average molecular weight is 374 g/mol. The summed E-state index contributed by atoms with van der Waals surface area (Å²) in [6, 6.07) is 2.21. The Labute approximate surface area is 168 Å². The predicted octanol–water partition coefficient (Wildman–Crippen LogP) is 7.81. The van der Waals surface area contributed by atoms with Gasteiger partial charge in [-0.25, -0.2) is 0 Å². The van der Waals surface area contributed by atoms with Crippen LogP contribution in [0.5, 0.6) is 5.75 Å². The summed E-state index contributed by atoms with van der Waals surface area (Å²) >= 11 is 0. The summed E-state index contributed by atoms with van der Waals surface area (Å²) in [6.07, 6.45) is 22.3. The first kappa shape index (κ1) is 22.2. The zero-order valence-corrected chi connectivity index (χ0v) is 18.3. The molecule has 1 aliphatic rings. The minimum atomic E-state index is 0.401. The number of ether oxygens (including phenoxy) is 1. The van der Waals surface area contributed by atoms with Crippen LogP contribution >= 0.6 is 0 Å². The van der Waals surface area contributed by atoms with Gasteiger partial charge in [-0.05, 0) is 63.0 Å². The maximum atomic E-state index is 6.28. The van der Waals surface area contributed by atoms with Crippen LogP contribution in [0.25, 0.3) is 0 Å². The Morgan fingerprint density at radius 3 is 2.22 bits per heavy atom. The molecule has 154 valence electrons. The third kappa shape index (κ3) is 8.66. The van der Waals surface area contributed by atoms with E-state index in [0.29, 0.717) is 6.10 Å². The Balaban J connectivity index is 1.66. The molecule has 2 rings (SSSR count). The number of hydrogen-bond donors (Lipinski definition) is 0. The smallest absolute Gasteiger partial charge is 0.138 e. The molecule has 0 amide bonds. The van der Waals surface area contributed by atoms with Crippen molar-refractivity contribution in [3.63, 3.8) is 0 Å². The number of unbranched alkanes of at least 4 members (excludes halogenated alkanes) is 7. The highest BCUT2D eigenvalue weighted by molar-refractivity contribution is 5.28. The standard InChI is InChI=1S/C25H43NO/c1-4-6-8-10-11-13-22-15-17-23(18-16-22)27-24-19-21(3)25(26-20-24)14-12-9-7-5-2/h19-20,22-23H,4-18H2,1-3H3/t22-,23-. The lowest BCUT2D eigenvalue weighted by molar-refractivity contribution is 0.127. The van der Waals surface area contributed by atoms with Crippen molar-refractivity contribution in [1.82, 2.24) is 4.98 Å². The predicted molar refractivity (Wildman–Crippen MR) is 117 cm³/mol. The number of nitrogens with zero attached hydrogens (tertiary/aromatic N) is 1. The fraction of sp³-hybridized carbons (Fsp3) is 0.800. The van der Waals surface area contributed by atoms with Crippen LogP contribution in [0, 0.1) is 12.8 Å². The van der Waals surface area contributed by atoms with Crippen LogP contribution in [-0.2, 0) is 6.42 Å². The zero-order chi connectivity index (χ0) is 19.3. The Morgan fingerprint density at radius 1 is 0.889 bits per heavy atom. The summed E-state index contributed by atoms with van der Waals surface area (Å²) in [5.74, 6) is 1.92. The Bertz CT molecular complexity index is 505. The maximum Gasteiger partial charge on any atom is 0.138 e. The van der Waals surface area contributed by atoms with Gasteiger partial charge in [-0.15, -0.1) is 0 Å². The first-order chi connectivity index (χ1) is 13.2. The molecule has 1 fully saturated rings.